The molecule has 5 N–H and O–H groups in total. The minimum atomic E-state index is -0.504. The smallest absolute Gasteiger partial charge is 0.269 e. The predicted octanol–water partition coefficient (Wildman–Crippen LogP) is 0.668. The van der Waals surface area contributed by atoms with E-state index < -0.39 is 6.17 Å². The lowest BCUT2D eigenvalue weighted by molar-refractivity contribution is -0.109. The fourth-order valence-corrected chi connectivity index (χ4v) is 2.56. The SMILES string of the molecule is Cc1ccsc1C(=O)N1C=C(Br)N=CC1N.NNC=O. The van der Waals surface area contributed by atoms with Crippen LogP contribution in [0.1, 0.15) is 15.2 Å². The predicted molar refractivity (Wildman–Crippen MR) is 82.1 cm³/mol. The summed E-state index contributed by atoms with van der Waals surface area (Å²) in [5, 5.41) is 1.89. The van der Waals surface area contributed by atoms with Gasteiger partial charge >= 0.3 is 0 Å². The van der Waals surface area contributed by atoms with Gasteiger partial charge < -0.3 is 5.73 Å². The molecule has 2 heterocycles. The van der Waals surface area contributed by atoms with Crippen molar-refractivity contribution in [1.82, 2.24) is 10.3 Å². The molecule has 1 unspecified atom stereocenters. The number of hydrogen-bond donors (Lipinski definition) is 3. The van der Waals surface area contributed by atoms with Gasteiger partial charge in [0.25, 0.3) is 5.91 Å². The molecule has 0 fully saturated rings. The summed E-state index contributed by atoms with van der Waals surface area (Å²) in [5.74, 6) is 4.32. The van der Waals surface area contributed by atoms with E-state index in [1.54, 1.807) is 11.6 Å². The van der Waals surface area contributed by atoms with Gasteiger partial charge in [-0.05, 0) is 39.9 Å². The van der Waals surface area contributed by atoms with Crippen LogP contribution in [-0.4, -0.2) is 29.6 Å². The molecule has 108 valence electrons. The van der Waals surface area contributed by atoms with Crippen LogP contribution >= 0.6 is 27.3 Å². The minimum absolute atomic E-state index is 0.0944. The summed E-state index contributed by atoms with van der Waals surface area (Å²) >= 11 is 4.64. The van der Waals surface area contributed by atoms with Crippen LogP contribution in [0.25, 0.3) is 0 Å². The highest BCUT2D eigenvalue weighted by Gasteiger charge is 2.23. The number of nitrogens with two attached hydrogens (primary N) is 2. The van der Waals surface area contributed by atoms with E-state index in [9.17, 15) is 4.79 Å². The van der Waals surface area contributed by atoms with Crippen molar-refractivity contribution in [2.75, 3.05) is 0 Å². The van der Waals surface area contributed by atoms with Crippen molar-refractivity contribution in [3.05, 3.63) is 32.7 Å². The van der Waals surface area contributed by atoms with Gasteiger partial charge in [-0.15, -0.1) is 11.3 Å². The summed E-state index contributed by atoms with van der Waals surface area (Å²) in [6.45, 7) is 1.91. The molecular formula is C11H14BrN5O2S. The summed E-state index contributed by atoms with van der Waals surface area (Å²) in [6.07, 6.45) is 3.03. The Kier molecular flexibility index (Phi) is 6.52. The zero-order valence-corrected chi connectivity index (χ0v) is 13.0. The zero-order valence-electron chi connectivity index (χ0n) is 10.6. The van der Waals surface area contributed by atoms with Gasteiger partial charge in [-0.1, -0.05) is 0 Å². The number of aryl methyl sites for hydroxylation is 1. The number of nitrogens with one attached hydrogen (secondary N) is 1. The van der Waals surface area contributed by atoms with Gasteiger partial charge in [-0.25, -0.2) is 10.8 Å². The van der Waals surface area contributed by atoms with Gasteiger partial charge in [0.15, 0.2) is 0 Å². The average Bonchev–Trinajstić information content (AvgIpc) is 2.87. The fourth-order valence-electron chi connectivity index (χ4n) is 1.36. The molecule has 2 amide bonds. The quantitative estimate of drug-likeness (QED) is 0.236. The van der Waals surface area contributed by atoms with Crippen molar-refractivity contribution >= 4 is 45.8 Å². The van der Waals surface area contributed by atoms with Gasteiger partial charge in [-0.2, -0.15) is 0 Å². The van der Waals surface area contributed by atoms with E-state index in [4.69, 9.17) is 10.5 Å². The maximum Gasteiger partial charge on any atom is 0.269 e. The Morgan fingerprint density at radius 3 is 2.80 bits per heavy atom. The number of amides is 2. The molecule has 0 aromatic carbocycles. The van der Waals surface area contributed by atoms with Crippen LogP contribution in [-0.2, 0) is 4.79 Å². The van der Waals surface area contributed by atoms with Crippen LogP contribution in [0, 0.1) is 6.92 Å². The fraction of sp³-hybridized carbons (Fsp3) is 0.182. The lowest BCUT2D eigenvalue weighted by atomic mass is 10.2. The molecule has 2 rings (SSSR count). The number of hydrogen-bond acceptors (Lipinski definition) is 6. The van der Waals surface area contributed by atoms with Gasteiger partial charge in [0.2, 0.25) is 6.41 Å². The Labute approximate surface area is 128 Å². The molecule has 9 heteroatoms. The summed E-state index contributed by atoms with van der Waals surface area (Å²) < 4.78 is 0.594. The monoisotopic (exact) mass is 359 g/mol. The molecule has 1 aromatic heterocycles. The first kappa shape index (κ1) is 16.5. The van der Waals surface area contributed by atoms with Crippen molar-refractivity contribution in [3.8, 4) is 0 Å². The lowest BCUT2D eigenvalue weighted by Crippen LogP contribution is -2.44. The zero-order chi connectivity index (χ0) is 15.1. The van der Waals surface area contributed by atoms with Gasteiger partial charge in [-0.3, -0.25) is 19.9 Å². The van der Waals surface area contributed by atoms with E-state index in [0.717, 1.165) is 5.56 Å². The third kappa shape index (κ3) is 4.23. The van der Waals surface area contributed by atoms with Crippen LogP contribution in [0.5, 0.6) is 0 Å². The van der Waals surface area contributed by atoms with E-state index in [-0.39, 0.29) is 5.91 Å². The van der Waals surface area contributed by atoms with E-state index in [1.165, 1.54) is 22.5 Å². The van der Waals surface area contributed by atoms with Crippen LogP contribution in [0.15, 0.2) is 27.2 Å². The first-order chi connectivity index (χ1) is 9.51. The van der Waals surface area contributed by atoms with Crippen molar-refractivity contribution in [3.63, 3.8) is 0 Å². The van der Waals surface area contributed by atoms with Gasteiger partial charge in [0.1, 0.15) is 10.8 Å². The van der Waals surface area contributed by atoms with Gasteiger partial charge in [0.05, 0.1) is 4.88 Å². The summed E-state index contributed by atoms with van der Waals surface area (Å²) in [5.41, 5.74) is 8.51. The third-order valence-corrected chi connectivity index (χ3v) is 3.69. The Balaban J connectivity index is 0.000000444. The molecule has 1 aliphatic rings. The first-order valence-corrected chi connectivity index (χ1v) is 7.12. The molecule has 1 atom stereocenters. The molecule has 0 saturated carbocycles. The molecule has 1 aliphatic heterocycles. The first-order valence-electron chi connectivity index (χ1n) is 5.45. The highest BCUT2D eigenvalue weighted by molar-refractivity contribution is 9.11. The standard InChI is InChI=1S/C10H10BrN3OS.CH4N2O/c1-6-2-3-16-9(6)10(15)14-5-7(11)13-4-8(14)12;2-3-1-4/h2-5,8H,12H2,1H3;1H,2H2,(H,3,4). The second-order valence-corrected chi connectivity index (χ2v) is 5.38. The summed E-state index contributed by atoms with van der Waals surface area (Å²) in [6, 6.07) is 1.92. The Bertz CT molecular complexity index is 543. The second-order valence-electron chi connectivity index (χ2n) is 3.65. The topological polar surface area (TPSA) is 114 Å². The number of halogens is 1. The van der Waals surface area contributed by atoms with Crippen LogP contribution < -0.4 is 17.0 Å². The molecule has 0 saturated heterocycles. The Morgan fingerprint density at radius 1 is 1.65 bits per heavy atom. The van der Waals surface area contributed by atoms with Crippen molar-refractivity contribution in [2.45, 2.75) is 13.1 Å². The Hall–Kier alpha value is -1.55. The number of nitrogens with zero attached hydrogens (tertiary/aromatic N) is 2. The number of carbonyl (C=O) groups excluding carboxylic acids is 2. The van der Waals surface area contributed by atoms with E-state index in [0.29, 0.717) is 15.9 Å². The minimum Gasteiger partial charge on any atom is -0.306 e. The second kappa shape index (κ2) is 7.90. The molecular weight excluding hydrogens is 346 g/mol. The van der Waals surface area contributed by atoms with E-state index in [1.807, 2.05) is 18.4 Å². The highest BCUT2D eigenvalue weighted by atomic mass is 79.9. The van der Waals surface area contributed by atoms with Crippen molar-refractivity contribution in [2.24, 2.45) is 16.6 Å². The molecule has 1 aromatic rings. The number of aliphatic imine (C=N–C) groups is 1. The molecule has 0 bridgehead atoms. The normalized spacial score (nSPS) is 16.9. The maximum absolute atomic E-state index is 12.2. The summed E-state index contributed by atoms with van der Waals surface area (Å²) in [7, 11) is 0. The molecule has 0 radical (unpaired) electrons. The van der Waals surface area contributed by atoms with Crippen LogP contribution in [0.2, 0.25) is 0 Å². The van der Waals surface area contributed by atoms with Crippen LogP contribution in [0.4, 0.5) is 0 Å². The van der Waals surface area contributed by atoms with Gasteiger partial charge in [0, 0.05) is 12.4 Å². The third-order valence-electron chi connectivity index (χ3n) is 2.28. The molecule has 7 nitrogen and oxygen atoms in total. The summed E-state index contributed by atoms with van der Waals surface area (Å²) in [4.78, 5) is 27.3. The number of carbonyl (C=O) groups is 2. The van der Waals surface area contributed by atoms with E-state index >= 15 is 0 Å². The molecule has 20 heavy (non-hydrogen) atoms. The van der Waals surface area contributed by atoms with E-state index in [2.05, 4.69) is 26.8 Å². The average molecular weight is 360 g/mol. The highest BCUT2D eigenvalue weighted by Crippen LogP contribution is 2.21. The number of thiophene rings is 1. The number of hydrazine groups is 1. The molecule has 0 spiro atoms. The van der Waals surface area contributed by atoms with Crippen LogP contribution in [0.3, 0.4) is 0 Å². The number of rotatable bonds is 2. The largest absolute Gasteiger partial charge is 0.306 e. The van der Waals surface area contributed by atoms with Crippen molar-refractivity contribution < 1.29 is 9.59 Å². The lowest BCUT2D eigenvalue weighted by Gasteiger charge is -2.25. The maximum atomic E-state index is 12.2. The molecule has 0 aliphatic carbocycles. The van der Waals surface area contributed by atoms with Crippen molar-refractivity contribution in [1.29, 1.82) is 0 Å². The Morgan fingerprint density at radius 2 is 2.30 bits per heavy atom.